The highest BCUT2D eigenvalue weighted by Gasteiger charge is 2.32. The van der Waals surface area contributed by atoms with E-state index < -0.39 is 5.60 Å². The average molecular weight is 229 g/mol. The zero-order valence-electron chi connectivity index (χ0n) is 10.7. The minimum Gasteiger partial charge on any atom is -0.392 e. The molecule has 96 valence electrons. The van der Waals surface area contributed by atoms with Crippen molar-refractivity contribution in [3.05, 3.63) is 0 Å². The molecule has 0 radical (unpaired) electrons. The smallest absolute Gasteiger partial charge is 0.0771 e. The molecule has 0 aliphatic heterocycles. The second-order valence-corrected chi connectivity index (χ2v) is 5.27. The lowest BCUT2D eigenvalue weighted by molar-refractivity contribution is -0.0105. The fraction of sp³-hybridized carbons (Fsp3) is 1.00. The molecule has 3 nitrogen and oxygen atoms in total. The Morgan fingerprint density at radius 1 is 1.31 bits per heavy atom. The van der Waals surface area contributed by atoms with Gasteiger partial charge in [-0.1, -0.05) is 20.3 Å². The second-order valence-electron chi connectivity index (χ2n) is 5.27. The number of rotatable bonds is 6. The van der Waals surface area contributed by atoms with Gasteiger partial charge in [-0.25, -0.2) is 0 Å². The Hall–Kier alpha value is -0.120. The normalized spacial score (nSPS) is 32.6. The summed E-state index contributed by atoms with van der Waals surface area (Å²) in [4.78, 5) is 0. The molecule has 0 heterocycles. The quantitative estimate of drug-likeness (QED) is 0.649. The minimum absolute atomic E-state index is 0.282. The fourth-order valence-corrected chi connectivity index (χ4v) is 2.42. The summed E-state index contributed by atoms with van der Waals surface area (Å²) in [7, 11) is 0. The van der Waals surface area contributed by atoms with E-state index >= 15 is 0 Å². The van der Waals surface area contributed by atoms with E-state index in [2.05, 4.69) is 12.2 Å². The van der Waals surface area contributed by atoms with Gasteiger partial charge in [0.2, 0.25) is 0 Å². The monoisotopic (exact) mass is 229 g/mol. The van der Waals surface area contributed by atoms with Crippen molar-refractivity contribution in [2.45, 2.75) is 64.1 Å². The van der Waals surface area contributed by atoms with Crippen LogP contribution in [0, 0.1) is 5.92 Å². The number of nitrogens with one attached hydrogen (secondary N) is 1. The van der Waals surface area contributed by atoms with Crippen molar-refractivity contribution < 1.29 is 10.2 Å². The maximum atomic E-state index is 10.3. The number of aliphatic hydroxyl groups excluding tert-OH is 1. The molecular weight excluding hydrogens is 202 g/mol. The third-order valence-corrected chi connectivity index (χ3v) is 3.92. The standard InChI is InChI=1S/C13H27NO2/c1-3-11-5-7-13(16,8-6-11)10-14-9-12(15)4-2/h11-12,14-16H,3-10H2,1-2H3. The van der Waals surface area contributed by atoms with Crippen LogP contribution < -0.4 is 5.32 Å². The highest BCUT2D eigenvalue weighted by atomic mass is 16.3. The molecule has 0 spiro atoms. The fourth-order valence-electron chi connectivity index (χ4n) is 2.42. The minimum atomic E-state index is -0.529. The summed E-state index contributed by atoms with van der Waals surface area (Å²) < 4.78 is 0. The number of hydrogen-bond donors (Lipinski definition) is 3. The lowest BCUT2D eigenvalue weighted by Crippen LogP contribution is -2.45. The molecule has 3 N–H and O–H groups in total. The van der Waals surface area contributed by atoms with Crippen LogP contribution in [0.5, 0.6) is 0 Å². The van der Waals surface area contributed by atoms with E-state index in [0.29, 0.717) is 13.1 Å². The van der Waals surface area contributed by atoms with Gasteiger partial charge in [0.1, 0.15) is 0 Å². The molecule has 0 aromatic carbocycles. The molecule has 0 saturated heterocycles. The van der Waals surface area contributed by atoms with Crippen LogP contribution in [0.3, 0.4) is 0 Å². The van der Waals surface area contributed by atoms with Crippen molar-refractivity contribution in [3.63, 3.8) is 0 Å². The van der Waals surface area contributed by atoms with Gasteiger partial charge in [-0.15, -0.1) is 0 Å². The van der Waals surface area contributed by atoms with Gasteiger partial charge in [0, 0.05) is 13.1 Å². The van der Waals surface area contributed by atoms with Crippen LogP contribution in [0.15, 0.2) is 0 Å². The molecule has 1 atom stereocenters. The van der Waals surface area contributed by atoms with Gasteiger partial charge in [0.25, 0.3) is 0 Å². The van der Waals surface area contributed by atoms with Gasteiger partial charge in [-0.3, -0.25) is 0 Å². The predicted octanol–water partition coefficient (Wildman–Crippen LogP) is 1.68. The second kappa shape index (κ2) is 6.58. The molecule has 1 unspecified atom stereocenters. The maximum Gasteiger partial charge on any atom is 0.0771 e. The Balaban J connectivity index is 2.20. The van der Waals surface area contributed by atoms with Crippen LogP contribution in [0.4, 0.5) is 0 Å². The van der Waals surface area contributed by atoms with Crippen LogP contribution in [0.1, 0.15) is 52.4 Å². The number of aliphatic hydroxyl groups is 2. The molecule has 0 aromatic heterocycles. The van der Waals surface area contributed by atoms with Gasteiger partial charge in [0.15, 0.2) is 0 Å². The average Bonchev–Trinajstić information content (AvgIpc) is 2.30. The molecule has 1 aliphatic rings. The molecule has 1 aliphatic carbocycles. The van der Waals surface area contributed by atoms with Crippen LogP contribution in [-0.2, 0) is 0 Å². The largest absolute Gasteiger partial charge is 0.392 e. The predicted molar refractivity (Wildman–Crippen MR) is 66.4 cm³/mol. The highest BCUT2D eigenvalue weighted by molar-refractivity contribution is 4.87. The summed E-state index contributed by atoms with van der Waals surface area (Å²) in [6.45, 7) is 5.41. The molecule has 0 amide bonds. The SMILES string of the molecule is CCC(O)CNCC1(O)CCC(CC)CC1. The zero-order valence-corrected chi connectivity index (χ0v) is 10.7. The van der Waals surface area contributed by atoms with Gasteiger partial charge < -0.3 is 15.5 Å². The lowest BCUT2D eigenvalue weighted by Gasteiger charge is -2.36. The Kier molecular flexibility index (Phi) is 5.73. The van der Waals surface area contributed by atoms with Crippen LogP contribution in [-0.4, -0.2) is 35.0 Å². The summed E-state index contributed by atoms with van der Waals surface area (Å²) in [5, 5.41) is 22.9. The van der Waals surface area contributed by atoms with E-state index in [4.69, 9.17) is 0 Å². The molecule has 1 fully saturated rings. The molecule has 1 saturated carbocycles. The lowest BCUT2D eigenvalue weighted by atomic mass is 9.78. The van der Waals surface area contributed by atoms with Crippen molar-refractivity contribution in [2.75, 3.05) is 13.1 Å². The van der Waals surface area contributed by atoms with Gasteiger partial charge in [-0.2, -0.15) is 0 Å². The van der Waals surface area contributed by atoms with E-state index in [1.54, 1.807) is 0 Å². The van der Waals surface area contributed by atoms with Crippen molar-refractivity contribution in [1.29, 1.82) is 0 Å². The van der Waals surface area contributed by atoms with E-state index in [9.17, 15) is 10.2 Å². The van der Waals surface area contributed by atoms with Gasteiger partial charge in [0.05, 0.1) is 11.7 Å². The first-order chi connectivity index (χ1) is 7.59. The molecular formula is C13H27NO2. The highest BCUT2D eigenvalue weighted by Crippen LogP contribution is 2.33. The van der Waals surface area contributed by atoms with E-state index in [1.807, 2.05) is 6.92 Å². The van der Waals surface area contributed by atoms with Gasteiger partial charge in [-0.05, 0) is 38.0 Å². The first-order valence-electron chi connectivity index (χ1n) is 6.71. The number of hydrogen-bond acceptors (Lipinski definition) is 3. The molecule has 3 heteroatoms. The molecule has 0 bridgehead atoms. The Morgan fingerprint density at radius 2 is 1.94 bits per heavy atom. The molecule has 16 heavy (non-hydrogen) atoms. The first kappa shape index (κ1) is 13.9. The summed E-state index contributed by atoms with van der Waals surface area (Å²) in [5.41, 5.74) is -0.529. The van der Waals surface area contributed by atoms with Crippen LogP contribution >= 0.6 is 0 Å². The first-order valence-corrected chi connectivity index (χ1v) is 6.71. The zero-order chi connectivity index (χ0) is 12.0. The summed E-state index contributed by atoms with van der Waals surface area (Å²) >= 11 is 0. The Morgan fingerprint density at radius 3 is 2.44 bits per heavy atom. The van der Waals surface area contributed by atoms with Crippen molar-refractivity contribution in [1.82, 2.24) is 5.32 Å². The maximum absolute atomic E-state index is 10.3. The third-order valence-electron chi connectivity index (χ3n) is 3.92. The van der Waals surface area contributed by atoms with Crippen LogP contribution in [0.25, 0.3) is 0 Å². The van der Waals surface area contributed by atoms with Crippen molar-refractivity contribution in [3.8, 4) is 0 Å². The topological polar surface area (TPSA) is 52.5 Å². The van der Waals surface area contributed by atoms with E-state index in [-0.39, 0.29) is 6.10 Å². The van der Waals surface area contributed by atoms with E-state index in [0.717, 1.165) is 38.0 Å². The Bertz CT molecular complexity index is 188. The van der Waals surface area contributed by atoms with E-state index in [1.165, 1.54) is 6.42 Å². The van der Waals surface area contributed by atoms with Crippen LogP contribution in [0.2, 0.25) is 0 Å². The molecule has 0 aromatic rings. The van der Waals surface area contributed by atoms with Crippen molar-refractivity contribution >= 4 is 0 Å². The van der Waals surface area contributed by atoms with Crippen molar-refractivity contribution in [2.24, 2.45) is 5.92 Å². The third kappa shape index (κ3) is 4.40. The summed E-state index contributed by atoms with van der Waals surface area (Å²) in [5.74, 6) is 0.807. The summed E-state index contributed by atoms with van der Waals surface area (Å²) in [6, 6.07) is 0. The van der Waals surface area contributed by atoms with Gasteiger partial charge >= 0.3 is 0 Å². The molecule has 1 rings (SSSR count). The Labute approximate surface area is 99.3 Å². The summed E-state index contributed by atoms with van der Waals surface area (Å²) in [6.07, 6.45) is 5.81.